The van der Waals surface area contributed by atoms with Gasteiger partial charge in [0, 0.05) is 16.5 Å². The van der Waals surface area contributed by atoms with E-state index in [0.29, 0.717) is 18.0 Å². The molecule has 0 unspecified atom stereocenters. The topological polar surface area (TPSA) is 56.7 Å². The normalized spacial score (nSPS) is 14.9. The Hall–Kier alpha value is -3.36. The fourth-order valence-corrected chi connectivity index (χ4v) is 5.06. The second-order valence-corrected chi connectivity index (χ2v) is 9.45. The van der Waals surface area contributed by atoms with Gasteiger partial charge in [-0.25, -0.2) is 14.3 Å². The summed E-state index contributed by atoms with van der Waals surface area (Å²) in [4.78, 5) is 7.33. The van der Waals surface area contributed by atoms with Gasteiger partial charge in [-0.05, 0) is 69.3 Å². The van der Waals surface area contributed by atoms with Crippen LogP contribution in [-0.4, -0.2) is 47.1 Å². The third kappa shape index (κ3) is 3.93. The molecule has 7 nitrogen and oxygen atoms in total. The van der Waals surface area contributed by atoms with Crippen LogP contribution in [0.4, 0.5) is 0 Å². The van der Waals surface area contributed by atoms with Crippen LogP contribution in [0.2, 0.25) is 0 Å². The average molecular weight is 470 g/mol. The number of aryl methyl sites for hydroxylation is 1. The number of nitrogens with zero attached hydrogens (tertiary/aromatic N) is 7. The van der Waals surface area contributed by atoms with Gasteiger partial charge in [0.25, 0.3) is 0 Å². The third-order valence-electron chi connectivity index (χ3n) is 6.59. The monoisotopic (exact) mass is 469 g/mol. The van der Waals surface area contributed by atoms with Gasteiger partial charge < -0.3 is 0 Å². The predicted molar refractivity (Wildman–Crippen MR) is 137 cm³/mol. The number of rotatable bonds is 5. The molecule has 3 aromatic heterocycles. The fourth-order valence-electron chi connectivity index (χ4n) is 4.75. The first-order chi connectivity index (χ1) is 16.7. The van der Waals surface area contributed by atoms with Gasteiger partial charge in [0.1, 0.15) is 6.54 Å². The van der Waals surface area contributed by atoms with Gasteiger partial charge >= 0.3 is 0 Å². The predicted octanol–water partition coefficient (Wildman–Crippen LogP) is 5.10. The highest BCUT2D eigenvalue weighted by Gasteiger charge is 2.18. The summed E-state index contributed by atoms with van der Waals surface area (Å²) in [5.74, 6) is 0.853. The summed E-state index contributed by atoms with van der Waals surface area (Å²) in [6, 6.07) is 18.7. The lowest BCUT2D eigenvalue weighted by Gasteiger charge is -2.25. The van der Waals surface area contributed by atoms with Crippen LogP contribution >= 0.6 is 12.2 Å². The SMILES string of the molecule is Cc1ccc(-n2c(Cn3ncc4cc5ccccc5nc43)nn(CN3CCCCC3)c2=S)cc1. The fraction of sp³-hybridized carbons (Fsp3) is 0.308. The molecule has 172 valence electrons. The molecule has 4 heterocycles. The van der Waals surface area contributed by atoms with Crippen molar-refractivity contribution in [1.82, 2.24) is 34.0 Å². The number of benzene rings is 2. The van der Waals surface area contributed by atoms with E-state index in [1.165, 1.54) is 24.8 Å². The van der Waals surface area contributed by atoms with Crippen molar-refractivity contribution in [3.63, 3.8) is 0 Å². The number of para-hydroxylation sites is 1. The minimum atomic E-state index is 0.485. The van der Waals surface area contributed by atoms with Crippen LogP contribution in [0.3, 0.4) is 0 Å². The standard InChI is InChI=1S/C26H27N7S/c1-19-9-11-22(12-10-19)33-24(29-32(26(33)34)18-30-13-5-2-6-14-30)17-31-25-21(16-27-31)15-20-7-3-4-8-23(20)28-25/h3-4,7-12,15-16H,2,5-6,13-14,17-18H2,1H3. The average Bonchev–Trinajstić information content (AvgIpc) is 3.39. The first kappa shape index (κ1) is 21.2. The molecule has 34 heavy (non-hydrogen) atoms. The zero-order valence-electron chi connectivity index (χ0n) is 19.3. The molecule has 2 aromatic carbocycles. The van der Waals surface area contributed by atoms with Crippen LogP contribution in [0.5, 0.6) is 0 Å². The summed E-state index contributed by atoms with van der Waals surface area (Å²) in [6.07, 6.45) is 5.65. The first-order valence-corrected chi connectivity index (χ1v) is 12.3. The maximum absolute atomic E-state index is 5.94. The van der Waals surface area contributed by atoms with E-state index >= 15 is 0 Å². The van der Waals surface area contributed by atoms with Crippen LogP contribution in [-0.2, 0) is 13.2 Å². The van der Waals surface area contributed by atoms with Gasteiger partial charge in [0.2, 0.25) is 4.77 Å². The zero-order chi connectivity index (χ0) is 23.1. The first-order valence-electron chi connectivity index (χ1n) is 11.9. The molecule has 6 rings (SSSR count). The van der Waals surface area contributed by atoms with Crippen molar-refractivity contribution in [3.8, 4) is 5.69 Å². The van der Waals surface area contributed by atoms with Crippen molar-refractivity contribution < 1.29 is 0 Å². The third-order valence-corrected chi connectivity index (χ3v) is 6.98. The van der Waals surface area contributed by atoms with Gasteiger partial charge in [0.05, 0.1) is 18.4 Å². The van der Waals surface area contributed by atoms with Gasteiger partial charge in [-0.2, -0.15) is 10.2 Å². The van der Waals surface area contributed by atoms with E-state index < -0.39 is 0 Å². The largest absolute Gasteiger partial charge is 0.284 e. The van der Waals surface area contributed by atoms with E-state index in [1.54, 1.807) is 0 Å². The zero-order valence-corrected chi connectivity index (χ0v) is 20.1. The van der Waals surface area contributed by atoms with E-state index in [0.717, 1.165) is 46.5 Å². The lowest BCUT2D eigenvalue weighted by molar-refractivity contribution is 0.172. The number of piperidine rings is 1. The minimum absolute atomic E-state index is 0.485. The Balaban J connectivity index is 1.43. The van der Waals surface area contributed by atoms with Gasteiger partial charge in [-0.3, -0.25) is 9.47 Å². The smallest absolute Gasteiger partial charge is 0.203 e. The molecule has 1 saturated heterocycles. The Morgan fingerprint density at radius 3 is 2.53 bits per heavy atom. The summed E-state index contributed by atoms with van der Waals surface area (Å²) < 4.78 is 6.67. The number of hydrogen-bond acceptors (Lipinski definition) is 5. The molecule has 0 atom stereocenters. The van der Waals surface area contributed by atoms with E-state index in [1.807, 2.05) is 33.8 Å². The highest BCUT2D eigenvalue weighted by Crippen LogP contribution is 2.21. The number of pyridine rings is 1. The summed E-state index contributed by atoms with van der Waals surface area (Å²) in [5, 5.41) is 11.8. The van der Waals surface area contributed by atoms with Gasteiger partial charge in [0.15, 0.2) is 11.5 Å². The minimum Gasteiger partial charge on any atom is -0.284 e. The molecule has 0 radical (unpaired) electrons. The Labute approximate surface area is 203 Å². The molecule has 5 aromatic rings. The Kier molecular flexibility index (Phi) is 5.47. The van der Waals surface area contributed by atoms with E-state index in [4.69, 9.17) is 22.3 Å². The molecule has 0 spiro atoms. The summed E-state index contributed by atoms with van der Waals surface area (Å²) in [5.41, 5.74) is 4.05. The van der Waals surface area contributed by atoms with Crippen LogP contribution in [0.25, 0.3) is 27.6 Å². The lowest BCUT2D eigenvalue weighted by atomic mass is 10.1. The second-order valence-electron chi connectivity index (χ2n) is 9.09. The van der Waals surface area contributed by atoms with Gasteiger partial charge in [-0.15, -0.1) is 0 Å². The summed E-state index contributed by atoms with van der Waals surface area (Å²) >= 11 is 5.94. The van der Waals surface area contributed by atoms with Gasteiger partial charge in [-0.1, -0.05) is 42.3 Å². The molecular formula is C26H27N7S. The van der Waals surface area contributed by atoms with Crippen molar-refractivity contribution in [2.24, 2.45) is 0 Å². The molecule has 1 aliphatic rings. The highest BCUT2D eigenvalue weighted by atomic mass is 32.1. The maximum Gasteiger partial charge on any atom is 0.203 e. The van der Waals surface area contributed by atoms with Crippen LogP contribution < -0.4 is 0 Å². The van der Waals surface area contributed by atoms with Crippen LogP contribution in [0, 0.1) is 11.7 Å². The van der Waals surface area contributed by atoms with Crippen LogP contribution in [0.15, 0.2) is 60.8 Å². The van der Waals surface area contributed by atoms with Crippen molar-refractivity contribution in [2.75, 3.05) is 13.1 Å². The molecular weight excluding hydrogens is 442 g/mol. The summed E-state index contributed by atoms with van der Waals surface area (Å²) in [6.45, 7) is 5.48. The quantitative estimate of drug-likeness (QED) is 0.335. The second kappa shape index (κ2) is 8.77. The molecule has 0 amide bonds. The molecule has 0 aliphatic carbocycles. The van der Waals surface area contributed by atoms with Crippen molar-refractivity contribution in [2.45, 2.75) is 39.4 Å². The van der Waals surface area contributed by atoms with Crippen LogP contribution in [0.1, 0.15) is 30.7 Å². The van der Waals surface area contributed by atoms with E-state index in [2.05, 4.69) is 57.9 Å². The number of aromatic nitrogens is 6. The summed E-state index contributed by atoms with van der Waals surface area (Å²) in [7, 11) is 0. The molecule has 1 aliphatic heterocycles. The molecule has 0 N–H and O–H groups in total. The maximum atomic E-state index is 5.94. The highest BCUT2D eigenvalue weighted by molar-refractivity contribution is 7.71. The van der Waals surface area contributed by atoms with E-state index in [-0.39, 0.29) is 0 Å². The van der Waals surface area contributed by atoms with Crippen molar-refractivity contribution in [3.05, 3.63) is 77.0 Å². The van der Waals surface area contributed by atoms with Crippen molar-refractivity contribution in [1.29, 1.82) is 0 Å². The number of fused-ring (bicyclic) bond motifs is 2. The lowest BCUT2D eigenvalue weighted by Crippen LogP contribution is -2.32. The van der Waals surface area contributed by atoms with Crippen molar-refractivity contribution >= 4 is 34.2 Å². The number of likely N-dealkylation sites (tertiary alicyclic amines) is 1. The van der Waals surface area contributed by atoms with E-state index in [9.17, 15) is 0 Å². The molecule has 0 bridgehead atoms. The Morgan fingerprint density at radius 2 is 1.71 bits per heavy atom. The number of hydrogen-bond donors (Lipinski definition) is 0. The molecule has 1 fully saturated rings. The Morgan fingerprint density at radius 1 is 0.912 bits per heavy atom. The Bertz CT molecular complexity index is 1520. The molecule has 8 heteroatoms. The molecule has 0 saturated carbocycles.